The van der Waals surface area contributed by atoms with Crippen molar-refractivity contribution in [2.75, 3.05) is 0 Å². The molecule has 7 heteroatoms. The third-order valence-electron chi connectivity index (χ3n) is 4.81. The van der Waals surface area contributed by atoms with Crippen LogP contribution in [0.3, 0.4) is 0 Å². The van der Waals surface area contributed by atoms with Gasteiger partial charge >= 0.3 is 0 Å². The lowest BCUT2D eigenvalue weighted by Crippen LogP contribution is -2.21. The number of allylic oxidation sites excluding steroid dienone is 1. The van der Waals surface area contributed by atoms with Crippen LogP contribution in [-0.4, -0.2) is 20.7 Å². The van der Waals surface area contributed by atoms with Gasteiger partial charge in [-0.2, -0.15) is 0 Å². The molecule has 0 amide bonds. The Hall–Kier alpha value is -3.19. The maximum absolute atomic E-state index is 11.1. The number of rotatable bonds is 6. The molecule has 4 rings (SSSR count). The van der Waals surface area contributed by atoms with Crippen LogP contribution in [0.2, 0.25) is 0 Å². The van der Waals surface area contributed by atoms with E-state index < -0.39 is 5.97 Å². The van der Waals surface area contributed by atoms with Gasteiger partial charge in [0.1, 0.15) is 10.8 Å². The normalized spacial score (nSPS) is 12.0. The number of aliphatic carboxylic acids is 1. The lowest BCUT2D eigenvalue weighted by atomic mass is 10.1. The van der Waals surface area contributed by atoms with E-state index in [2.05, 4.69) is 11.2 Å². The van der Waals surface area contributed by atoms with Crippen molar-refractivity contribution < 1.29 is 14.4 Å². The van der Waals surface area contributed by atoms with E-state index in [4.69, 9.17) is 9.51 Å². The molecule has 0 saturated carbocycles. The fraction of sp³-hybridized carbons (Fsp3) is 0.227. The van der Waals surface area contributed by atoms with Crippen LogP contribution >= 0.6 is 11.3 Å². The number of benzene rings is 1. The summed E-state index contributed by atoms with van der Waals surface area (Å²) in [4.78, 5) is 15.8. The minimum absolute atomic E-state index is 0.0526. The molecule has 0 spiro atoms. The second-order valence-electron chi connectivity index (χ2n) is 6.99. The van der Waals surface area contributed by atoms with E-state index in [0.717, 1.165) is 49.3 Å². The van der Waals surface area contributed by atoms with Crippen LogP contribution in [0.15, 0.2) is 40.9 Å². The molecule has 6 nitrogen and oxygen atoms in total. The van der Waals surface area contributed by atoms with Crippen LogP contribution in [0.25, 0.3) is 27.7 Å². The summed E-state index contributed by atoms with van der Waals surface area (Å²) < 4.78 is 8.32. The minimum atomic E-state index is -1.07. The fourth-order valence-corrected chi connectivity index (χ4v) is 4.43. The van der Waals surface area contributed by atoms with Crippen LogP contribution in [0.5, 0.6) is 0 Å². The minimum Gasteiger partial charge on any atom is -0.550 e. The monoisotopic (exact) mass is 406 g/mol. The number of para-hydroxylation sites is 1. The summed E-state index contributed by atoms with van der Waals surface area (Å²) >= 11 is 1.57. The number of nitrogens with zero attached hydrogens (tertiary/aromatic N) is 3. The Labute approximate surface area is 172 Å². The van der Waals surface area contributed by atoms with Gasteiger partial charge in [0.2, 0.25) is 0 Å². The lowest BCUT2D eigenvalue weighted by molar-refractivity contribution is -0.305. The zero-order valence-corrected chi connectivity index (χ0v) is 17.2. The summed E-state index contributed by atoms with van der Waals surface area (Å²) in [5.74, 6) is 0.405. The van der Waals surface area contributed by atoms with E-state index >= 15 is 0 Å². The molecule has 0 aliphatic rings. The van der Waals surface area contributed by atoms with Gasteiger partial charge in [-0.25, -0.2) is 4.98 Å². The number of aromatic nitrogens is 3. The molecule has 3 aromatic heterocycles. The molecule has 0 aliphatic carbocycles. The van der Waals surface area contributed by atoms with Crippen molar-refractivity contribution in [2.45, 2.75) is 33.6 Å². The molecular formula is C22H20N3O3S-. The standard InChI is InChI=1S/C22H21N3O3S/c1-13-10-17(15(3)25(13)20-11-14(2)28-24-20)12-16(8-9-21(26)27)22-23-18-6-4-5-7-19(18)29-22/h4-7,10-12H,8-9H2,1-3H3,(H,26,27)/p-1/b16-12+. The van der Waals surface area contributed by atoms with Crippen LogP contribution in [0, 0.1) is 20.8 Å². The largest absolute Gasteiger partial charge is 0.550 e. The highest BCUT2D eigenvalue weighted by Gasteiger charge is 2.15. The Morgan fingerprint density at radius 1 is 1.21 bits per heavy atom. The summed E-state index contributed by atoms with van der Waals surface area (Å²) in [7, 11) is 0. The van der Waals surface area contributed by atoms with Crippen molar-refractivity contribution in [1.29, 1.82) is 0 Å². The molecule has 0 bridgehead atoms. The number of aryl methyl sites for hydroxylation is 2. The zero-order valence-electron chi connectivity index (χ0n) is 16.4. The zero-order chi connectivity index (χ0) is 20.5. The van der Waals surface area contributed by atoms with Crippen molar-refractivity contribution >= 4 is 39.2 Å². The summed E-state index contributed by atoms with van der Waals surface area (Å²) in [6.07, 6.45) is 2.32. The van der Waals surface area contributed by atoms with E-state index in [1.807, 2.05) is 61.7 Å². The maximum Gasteiger partial charge on any atom is 0.180 e. The van der Waals surface area contributed by atoms with Gasteiger partial charge in [-0.15, -0.1) is 11.3 Å². The van der Waals surface area contributed by atoms with E-state index in [1.165, 1.54) is 0 Å². The second-order valence-corrected chi connectivity index (χ2v) is 8.02. The van der Waals surface area contributed by atoms with Crippen molar-refractivity contribution in [2.24, 2.45) is 0 Å². The first-order chi connectivity index (χ1) is 13.9. The molecule has 0 fully saturated rings. The van der Waals surface area contributed by atoms with E-state index in [0.29, 0.717) is 6.42 Å². The number of hydrogen-bond acceptors (Lipinski definition) is 6. The van der Waals surface area contributed by atoms with Crippen LogP contribution in [0.4, 0.5) is 0 Å². The molecule has 0 aliphatic heterocycles. The second kappa shape index (κ2) is 7.67. The van der Waals surface area contributed by atoms with Gasteiger partial charge in [-0.3, -0.25) is 4.57 Å². The van der Waals surface area contributed by atoms with Crippen molar-refractivity contribution in [3.05, 3.63) is 64.1 Å². The quantitative estimate of drug-likeness (QED) is 0.482. The van der Waals surface area contributed by atoms with Gasteiger partial charge in [0.25, 0.3) is 0 Å². The molecule has 0 atom stereocenters. The number of thiazole rings is 1. The maximum atomic E-state index is 11.1. The molecule has 148 valence electrons. The van der Waals surface area contributed by atoms with Gasteiger partial charge in [0.15, 0.2) is 5.82 Å². The molecule has 0 radical (unpaired) electrons. The first-order valence-electron chi connectivity index (χ1n) is 9.31. The van der Waals surface area contributed by atoms with Crippen LogP contribution in [0.1, 0.15) is 40.6 Å². The number of carboxylic acid groups (broad SMARTS) is 1. The SMILES string of the molecule is Cc1cc(-n2c(C)cc(/C=C(\CCC(=O)[O-])c3nc4ccccc4s3)c2C)no1. The van der Waals surface area contributed by atoms with E-state index in [-0.39, 0.29) is 6.42 Å². The highest BCUT2D eigenvalue weighted by atomic mass is 32.1. The Kier molecular flexibility index (Phi) is 5.07. The molecule has 3 heterocycles. The predicted octanol–water partition coefficient (Wildman–Crippen LogP) is 4.07. The highest BCUT2D eigenvalue weighted by molar-refractivity contribution is 7.19. The third kappa shape index (κ3) is 3.86. The fourth-order valence-electron chi connectivity index (χ4n) is 3.42. The number of carbonyl (C=O) groups excluding carboxylic acids is 1. The third-order valence-corrected chi connectivity index (χ3v) is 5.92. The van der Waals surface area contributed by atoms with Gasteiger partial charge < -0.3 is 14.4 Å². The Bertz CT molecular complexity index is 1200. The first-order valence-corrected chi connectivity index (χ1v) is 10.1. The highest BCUT2D eigenvalue weighted by Crippen LogP contribution is 2.32. The predicted molar refractivity (Wildman–Crippen MR) is 112 cm³/mol. The summed E-state index contributed by atoms with van der Waals surface area (Å²) in [5.41, 5.74) is 4.81. The van der Waals surface area contributed by atoms with Crippen LogP contribution < -0.4 is 5.11 Å². The number of hydrogen-bond donors (Lipinski definition) is 0. The average molecular weight is 406 g/mol. The Morgan fingerprint density at radius 2 is 2.00 bits per heavy atom. The average Bonchev–Trinajstić information content (AvgIpc) is 3.36. The topological polar surface area (TPSA) is 84.0 Å². The molecule has 0 saturated heterocycles. The molecule has 4 aromatic rings. The molecular weight excluding hydrogens is 386 g/mol. The summed E-state index contributed by atoms with van der Waals surface area (Å²) in [6.45, 7) is 5.88. The lowest BCUT2D eigenvalue weighted by Gasteiger charge is -2.07. The Balaban J connectivity index is 1.79. The van der Waals surface area contributed by atoms with E-state index in [9.17, 15) is 9.90 Å². The summed E-state index contributed by atoms with van der Waals surface area (Å²) in [6, 6.07) is 11.9. The molecule has 1 aromatic carbocycles. The van der Waals surface area contributed by atoms with Crippen LogP contribution in [-0.2, 0) is 4.79 Å². The number of fused-ring (bicyclic) bond motifs is 1. The molecule has 0 unspecified atom stereocenters. The smallest absolute Gasteiger partial charge is 0.180 e. The molecule has 0 N–H and O–H groups in total. The summed E-state index contributed by atoms with van der Waals surface area (Å²) in [5, 5.41) is 16.0. The number of carboxylic acids is 1. The van der Waals surface area contributed by atoms with Crippen molar-refractivity contribution in [1.82, 2.24) is 14.7 Å². The van der Waals surface area contributed by atoms with E-state index in [1.54, 1.807) is 11.3 Å². The van der Waals surface area contributed by atoms with Gasteiger partial charge in [-0.1, -0.05) is 17.3 Å². The van der Waals surface area contributed by atoms with Gasteiger partial charge in [-0.05, 0) is 69.0 Å². The molecule has 29 heavy (non-hydrogen) atoms. The van der Waals surface area contributed by atoms with Crippen molar-refractivity contribution in [3.63, 3.8) is 0 Å². The van der Waals surface area contributed by atoms with Gasteiger partial charge in [0, 0.05) is 23.4 Å². The van der Waals surface area contributed by atoms with Gasteiger partial charge in [0.05, 0.1) is 10.2 Å². The van der Waals surface area contributed by atoms with Crippen molar-refractivity contribution in [3.8, 4) is 5.82 Å². The number of carbonyl (C=O) groups is 1. The Morgan fingerprint density at radius 3 is 2.69 bits per heavy atom. The first kappa shape index (κ1) is 19.1.